The first kappa shape index (κ1) is 15.4. The van der Waals surface area contributed by atoms with E-state index in [0.717, 1.165) is 42.3 Å². The molecule has 1 atom stereocenters. The average molecular weight is 291 g/mol. The van der Waals surface area contributed by atoms with Gasteiger partial charge in [-0.2, -0.15) is 0 Å². The highest BCUT2D eigenvalue weighted by Crippen LogP contribution is 2.21. The molecule has 1 unspecified atom stereocenters. The van der Waals surface area contributed by atoms with Gasteiger partial charge in [-0.25, -0.2) is 8.78 Å². The lowest BCUT2D eigenvalue weighted by molar-refractivity contribution is 0.186. The number of benzene rings is 2. The summed E-state index contributed by atoms with van der Waals surface area (Å²) in [6, 6.07) is 10.9. The quantitative estimate of drug-likeness (QED) is 0.841. The van der Waals surface area contributed by atoms with Crippen molar-refractivity contribution in [1.82, 2.24) is 0 Å². The van der Waals surface area contributed by atoms with Crippen LogP contribution in [0.15, 0.2) is 42.5 Å². The Morgan fingerprint density at radius 1 is 1.14 bits per heavy atom. The molecule has 2 rings (SSSR count). The molecular formula is C17H19F2NO. The molecule has 2 aromatic rings. The highest BCUT2D eigenvalue weighted by Gasteiger charge is 2.14. The number of hydrogen-bond donors (Lipinski definition) is 2. The van der Waals surface area contributed by atoms with E-state index in [2.05, 4.69) is 12.2 Å². The molecule has 0 amide bonds. The molecule has 0 heterocycles. The van der Waals surface area contributed by atoms with E-state index >= 15 is 0 Å². The van der Waals surface area contributed by atoms with E-state index in [1.807, 2.05) is 24.3 Å². The number of aryl methyl sites for hydroxylation is 1. The normalized spacial score (nSPS) is 12.2. The van der Waals surface area contributed by atoms with E-state index in [0.29, 0.717) is 0 Å². The van der Waals surface area contributed by atoms with Crippen LogP contribution in [0.3, 0.4) is 0 Å². The number of halogens is 2. The van der Waals surface area contributed by atoms with Crippen LogP contribution in [-0.4, -0.2) is 11.7 Å². The van der Waals surface area contributed by atoms with Gasteiger partial charge < -0.3 is 10.4 Å². The number of nitrogens with one attached hydrogen (secondary N) is 1. The summed E-state index contributed by atoms with van der Waals surface area (Å²) in [4.78, 5) is 0. The molecule has 4 heteroatoms. The molecule has 112 valence electrons. The molecule has 2 aromatic carbocycles. The summed E-state index contributed by atoms with van der Waals surface area (Å²) in [6.07, 6.45) is 0.836. The molecule has 2 N–H and O–H groups in total. The standard InChI is InChI=1S/C17H19F2NO/c1-2-5-12-6-3-4-7-16(12)20-11-17(21)14-10-13(18)8-9-15(14)19/h3-4,6-10,17,20-21H,2,5,11H2,1H3. The third kappa shape index (κ3) is 4.02. The zero-order valence-corrected chi connectivity index (χ0v) is 11.9. The van der Waals surface area contributed by atoms with Crippen LogP contribution in [0.2, 0.25) is 0 Å². The van der Waals surface area contributed by atoms with Gasteiger partial charge in [0.15, 0.2) is 0 Å². The van der Waals surface area contributed by atoms with E-state index in [9.17, 15) is 13.9 Å². The minimum Gasteiger partial charge on any atom is -0.386 e. The highest BCUT2D eigenvalue weighted by atomic mass is 19.1. The predicted octanol–water partition coefficient (Wildman–Crippen LogP) is 4.06. The Bertz CT molecular complexity index is 601. The fourth-order valence-electron chi connectivity index (χ4n) is 2.27. The Hall–Kier alpha value is -1.94. The minimum absolute atomic E-state index is 0.0320. The number of aliphatic hydroxyl groups is 1. The van der Waals surface area contributed by atoms with E-state index in [1.54, 1.807) is 0 Å². The maximum atomic E-state index is 13.6. The molecule has 0 aliphatic carbocycles. The van der Waals surface area contributed by atoms with Gasteiger partial charge in [0.2, 0.25) is 0 Å². The first-order valence-electron chi connectivity index (χ1n) is 7.06. The second-order valence-corrected chi connectivity index (χ2v) is 4.97. The van der Waals surface area contributed by atoms with Gasteiger partial charge in [-0.1, -0.05) is 31.5 Å². The predicted molar refractivity (Wildman–Crippen MR) is 80.2 cm³/mol. The highest BCUT2D eigenvalue weighted by molar-refractivity contribution is 5.51. The van der Waals surface area contributed by atoms with Gasteiger partial charge >= 0.3 is 0 Å². The van der Waals surface area contributed by atoms with Gasteiger partial charge in [0.1, 0.15) is 11.6 Å². The lowest BCUT2D eigenvalue weighted by atomic mass is 10.1. The van der Waals surface area contributed by atoms with E-state index in [1.165, 1.54) is 0 Å². The largest absolute Gasteiger partial charge is 0.386 e. The Morgan fingerprint density at radius 3 is 2.67 bits per heavy atom. The van der Waals surface area contributed by atoms with Crippen molar-refractivity contribution < 1.29 is 13.9 Å². The number of hydrogen-bond acceptors (Lipinski definition) is 2. The molecule has 0 radical (unpaired) electrons. The summed E-state index contributed by atoms with van der Waals surface area (Å²) < 4.78 is 26.7. The van der Waals surface area contributed by atoms with Gasteiger partial charge in [-0.3, -0.25) is 0 Å². The molecule has 0 saturated heterocycles. The Morgan fingerprint density at radius 2 is 1.90 bits per heavy atom. The Kier molecular flexibility index (Phi) is 5.28. The van der Waals surface area contributed by atoms with E-state index in [-0.39, 0.29) is 12.1 Å². The Labute approximate surface area is 123 Å². The van der Waals surface area contributed by atoms with Gasteiger partial charge in [0.05, 0.1) is 6.10 Å². The summed E-state index contributed by atoms with van der Waals surface area (Å²) in [5.74, 6) is -1.16. The van der Waals surface area contributed by atoms with Crippen LogP contribution in [0, 0.1) is 11.6 Å². The lowest BCUT2D eigenvalue weighted by Gasteiger charge is -2.16. The van der Waals surface area contributed by atoms with Crippen molar-refractivity contribution in [1.29, 1.82) is 0 Å². The van der Waals surface area contributed by atoms with Crippen LogP contribution >= 0.6 is 0 Å². The molecule has 0 spiro atoms. The van der Waals surface area contributed by atoms with Crippen LogP contribution in [0.4, 0.5) is 14.5 Å². The van der Waals surface area contributed by atoms with Gasteiger partial charge in [-0.05, 0) is 36.2 Å². The van der Waals surface area contributed by atoms with Crippen molar-refractivity contribution in [2.75, 3.05) is 11.9 Å². The molecule has 0 aromatic heterocycles. The zero-order valence-electron chi connectivity index (χ0n) is 11.9. The third-order valence-electron chi connectivity index (χ3n) is 3.34. The molecule has 0 aliphatic heterocycles. The summed E-state index contributed by atoms with van der Waals surface area (Å²) in [7, 11) is 0. The fraction of sp³-hybridized carbons (Fsp3) is 0.294. The number of para-hydroxylation sites is 1. The van der Waals surface area contributed by atoms with Gasteiger partial charge in [-0.15, -0.1) is 0 Å². The number of rotatable bonds is 6. The van der Waals surface area contributed by atoms with Crippen molar-refractivity contribution in [3.05, 3.63) is 65.2 Å². The molecule has 2 nitrogen and oxygen atoms in total. The SMILES string of the molecule is CCCc1ccccc1NCC(O)c1cc(F)ccc1F. The molecule has 21 heavy (non-hydrogen) atoms. The summed E-state index contributed by atoms with van der Waals surface area (Å²) in [5, 5.41) is 13.1. The van der Waals surface area contributed by atoms with Crippen molar-refractivity contribution in [3.8, 4) is 0 Å². The third-order valence-corrected chi connectivity index (χ3v) is 3.34. The van der Waals surface area contributed by atoms with Gasteiger partial charge in [0, 0.05) is 17.8 Å². The van der Waals surface area contributed by atoms with Crippen molar-refractivity contribution in [3.63, 3.8) is 0 Å². The smallest absolute Gasteiger partial charge is 0.129 e. The first-order valence-corrected chi connectivity index (χ1v) is 7.06. The maximum absolute atomic E-state index is 13.6. The number of anilines is 1. The van der Waals surface area contributed by atoms with E-state index in [4.69, 9.17) is 0 Å². The van der Waals surface area contributed by atoms with Crippen molar-refractivity contribution in [2.45, 2.75) is 25.9 Å². The number of aliphatic hydroxyl groups excluding tert-OH is 1. The monoisotopic (exact) mass is 291 g/mol. The fourth-order valence-corrected chi connectivity index (χ4v) is 2.27. The van der Waals surface area contributed by atoms with Crippen LogP contribution < -0.4 is 5.32 Å². The molecule has 0 aliphatic rings. The molecular weight excluding hydrogens is 272 g/mol. The van der Waals surface area contributed by atoms with Gasteiger partial charge in [0.25, 0.3) is 0 Å². The molecule has 0 bridgehead atoms. The van der Waals surface area contributed by atoms with Crippen LogP contribution in [0.25, 0.3) is 0 Å². The average Bonchev–Trinajstić information content (AvgIpc) is 2.49. The maximum Gasteiger partial charge on any atom is 0.129 e. The summed E-state index contributed by atoms with van der Waals surface area (Å²) >= 11 is 0. The lowest BCUT2D eigenvalue weighted by Crippen LogP contribution is -2.14. The van der Waals surface area contributed by atoms with E-state index < -0.39 is 17.7 Å². The van der Waals surface area contributed by atoms with Crippen LogP contribution in [-0.2, 0) is 6.42 Å². The minimum atomic E-state index is -1.10. The molecule has 0 saturated carbocycles. The Balaban J connectivity index is 2.07. The summed E-state index contributed by atoms with van der Waals surface area (Å²) in [5.41, 5.74) is 2.03. The van der Waals surface area contributed by atoms with Crippen molar-refractivity contribution in [2.24, 2.45) is 0 Å². The summed E-state index contributed by atoms with van der Waals surface area (Å²) in [6.45, 7) is 2.22. The zero-order chi connectivity index (χ0) is 15.2. The first-order chi connectivity index (χ1) is 10.1. The second kappa shape index (κ2) is 7.18. The second-order valence-electron chi connectivity index (χ2n) is 4.97. The topological polar surface area (TPSA) is 32.3 Å². The van der Waals surface area contributed by atoms with Crippen LogP contribution in [0.5, 0.6) is 0 Å². The van der Waals surface area contributed by atoms with Crippen molar-refractivity contribution >= 4 is 5.69 Å². The molecule has 0 fully saturated rings. The van der Waals surface area contributed by atoms with Crippen LogP contribution in [0.1, 0.15) is 30.6 Å².